The Balaban J connectivity index is 2.04. The number of hydrogen-bond donors (Lipinski definition) is 2. The summed E-state index contributed by atoms with van der Waals surface area (Å²) >= 11 is 0. The molecule has 0 unspecified atom stereocenters. The number of aliphatic imine (C=N–C) groups is 1. The molecular formula is C21H26FN3O2. The van der Waals surface area contributed by atoms with Gasteiger partial charge >= 0.3 is 0 Å². The monoisotopic (exact) mass is 371 g/mol. The van der Waals surface area contributed by atoms with Crippen molar-refractivity contribution >= 4 is 5.96 Å². The van der Waals surface area contributed by atoms with Gasteiger partial charge in [0.2, 0.25) is 0 Å². The Morgan fingerprint density at radius 1 is 1.19 bits per heavy atom. The molecular weight excluding hydrogens is 345 g/mol. The number of nitrogens with one attached hydrogen (secondary N) is 2. The van der Waals surface area contributed by atoms with E-state index in [0.717, 1.165) is 23.4 Å². The van der Waals surface area contributed by atoms with E-state index in [2.05, 4.69) is 22.2 Å². The van der Waals surface area contributed by atoms with Gasteiger partial charge in [0.15, 0.2) is 17.5 Å². The van der Waals surface area contributed by atoms with Crippen LogP contribution in [0.25, 0.3) is 0 Å². The van der Waals surface area contributed by atoms with Gasteiger partial charge in [-0.15, -0.1) is 0 Å². The molecule has 2 rings (SSSR count). The minimum Gasteiger partial charge on any atom is -0.494 e. The maximum Gasteiger partial charge on any atom is 0.191 e. The van der Waals surface area contributed by atoms with Crippen LogP contribution < -0.4 is 20.1 Å². The van der Waals surface area contributed by atoms with Crippen LogP contribution in [-0.2, 0) is 13.1 Å². The summed E-state index contributed by atoms with van der Waals surface area (Å²) in [5, 5.41) is 6.46. The van der Waals surface area contributed by atoms with Crippen molar-refractivity contribution < 1.29 is 13.9 Å². The van der Waals surface area contributed by atoms with Crippen molar-refractivity contribution in [3.8, 4) is 11.5 Å². The second kappa shape index (κ2) is 10.9. The molecule has 0 spiro atoms. The van der Waals surface area contributed by atoms with Crippen molar-refractivity contribution in [3.63, 3.8) is 0 Å². The highest BCUT2D eigenvalue weighted by Crippen LogP contribution is 2.19. The zero-order chi connectivity index (χ0) is 19.5. The Bertz CT molecular complexity index is 778. The first-order valence-electron chi connectivity index (χ1n) is 8.84. The molecule has 0 saturated heterocycles. The molecule has 6 heteroatoms. The second-order valence-corrected chi connectivity index (χ2v) is 5.73. The molecule has 5 nitrogen and oxygen atoms in total. The standard InChI is InChI=1S/C21H26FN3O2/c1-4-12-27-19-9-7-6-8-17(19)15-25-21(23-5-2)24-14-16-10-11-20(26-3)18(22)13-16/h4,6-11,13H,1,5,12,14-15H2,2-3H3,(H2,23,24,25). The fourth-order valence-corrected chi connectivity index (χ4v) is 2.44. The second-order valence-electron chi connectivity index (χ2n) is 5.73. The molecule has 2 N–H and O–H groups in total. The highest BCUT2D eigenvalue weighted by molar-refractivity contribution is 5.79. The maximum atomic E-state index is 13.8. The lowest BCUT2D eigenvalue weighted by atomic mass is 10.2. The molecule has 27 heavy (non-hydrogen) atoms. The van der Waals surface area contributed by atoms with Crippen molar-refractivity contribution in [1.82, 2.24) is 10.6 Å². The number of rotatable bonds is 9. The quantitative estimate of drug-likeness (QED) is 0.401. The molecule has 0 heterocycles. The molecule has 2 aromatic carbocycles. The van der Waals surface area contributed by atoms with Gasteiger partial charge in [0.05, 0.1) is 13.7 Å². The molecule has 0 radical (unpaired) electrons. The molecule has 0 aliphatic carbocycles. The molecule has 0 atom stereocenters. The van der Waals surface area contributed by atoms with Crippen LogP contribution in [0.1, 0.15) is 18.1 Å². The number of benzene rings is 2. The average molecular weight is 371 g/mol. The number of methoxy groups -OCH3 is 1. The van der Waals surface area contributed by atoms with Crippen LogP contribution in [0.3, 0.4) is 0 Å². The zero-order valence-electron chi connectivity index (χ0n) is 15.8. The Morgan fingerprint density at radius 2 is 2.00 bits per heavy atom. The Labute approximate surface area is 159 Å². The van der Waals surface area contributed by atoms with E-state index in [1.807, 2.05) is 31.2 Å². The topological polar surface area (TPSA) is 54.9 Å². The summed E-state index contributed by atoms with van der Waals surface area (Å²) in [4.78, 5) is 4.52. The van der Waals surface area contributed by atoms with E-state index in [-0.39, 0.29) is 5.75 Å². The molecule has 0 amide bonds. The van der Waals surface area contributed by atoms with Crippen molar-refractivity contribution in [2.45, 2.75) is 20.0 Å². The van der Waals surface area contributed by atoms with Crippen LogP contribution in [0.5, 0.6) is 11.5 Å². The first kappa shape index (κ1) is 20.3. The summed E-state index contributed by atoms with van der Waals surface area (Å²) in [6, 6.07) is 12.6. The summed E-state index contributed by atoms with van der Waals surface area (Å²) in [7, 11) is 1.44. The van der Waals surface area contributed by atoms with Gasteiger partial charge in [-0.25, -0.2) is 9.38 Å². The third kappa shape index (κ3) is 6.33. The fraction of sp³-hybridized carbons (Fsp3) is 0.286. The van der Waals surface area contributed by atoms with Crippen LogP contribution in [0, 0.1) is 5.82 Å². The van der Waals surface area contributed by atoms with E-state index < -0.39 is 5.82 Å². The zero-order valence-corrected chi connectivity index (χ0v) is 15.8. The third-order valence-electron chi connectivity index (χ3n) is 3.76. The van der Waals surface area contributed by atoms with Gasteiger partial charge in [-0.2, -0.15) is 0 Å². The van der Waals surface area contributed by atoms with E-state index in [9.17, 15) is 4.39 Å². The van der Waals surface area contributed by atoms with Crippen LogP contribution in [0.15, 0.2) is 60.1 Å². The van der Waals surface area contributed by atoms with Gasteiger partial charge in [0.25, 0.3) is 0 Å². The molecule has 0 aromatic heterocycles. The third-order valence-corrected chi connectivity index (χ3v) is 3.76. The minimum atomic E-state index is -0.392. The Hall–Kier alpha value is -3.02. The molecule has 0 bridgehead atoms. The lowest BCUT2D eigenvalue weighted by molar-refractivity contribution is 0.358. The van der Waals surface area contributed by atoms with E-state index in [0.29, 0.717) is 25.7 Å². The average Bonchev–Trinajstić information content (AvgIpc) is 2.69. The van der Waals surface area contributed by atoms with Crippen LogP contribution in [0.4, 0.5) is 4.39 Å². The lowest BCUT2D eigenvalue weighted by Gasteiger charge is -2.14. The largest absolute Gasteiger partial charge is 0.494 e. The van der Waals surface area contributed by atoms with Crippen LogP contribution >= 0.6 is 0 Å². The summed E-state index contributed by atoms with van der Waals surface area (Å²) in [5.41, 5.74) is 1.78. The SMILES string of the molecule is C=CCOc1ccccc1CNC(=NCc1ccc(OC)c(F)c1)NCC. The summed E-state index contributed by atoms with van der Waals surface area (Å²) in [6.07, 6.45) is 1.71. The first-order chi connectivity index (χ1) is 13.2. The van der Waals surface area contributed by atoms with Gasteiger partial charge < -0.3 is 20.1 Å². The predicted octanol–water partition coefficient (Wildman–Crippen LogP) is 3.65. The number of halogens is 1. The summed E-state index contributed by atoms with van der Waals surface area (Å²) < 4.78 is 24.4. The van der Waals surface area contributed by atoms with E-state index in [1.54, 1.807) is 18.2 Å². The minimum absolute atomic E-state index is 0.226. The summed E-state index contributed by atoms with van der Waals surface area (Å²) in [5.74, 6) is 1.28. The van der Waals surface area contributed by atoms with E-state index in [1.165, 1.54) is 13.2 Å². The van der Waals surface area contributed by atoms with Crippen molar-refractivity contribution in [1.29, 1.82) is 0 Å². The van der Waals surface area contributed by atoms with Crippen LogP contribution in [0.2, 0.25) is 0 Å². The van der Waals surface area contributed by atoms with Crippen LogP contribution in [-0.4, -0.2) is 26.2 Å². The molecule has 2 aromatic rings. The molecule has 0 fully saturated rings. The molecule has 0 saturated carbocycles. The highest BCUT2D eigenvalue weighted by Gasteiger charge is 2.06. The fourth-order valence-electron chi connectivity index (χ4n) is 2.44. The molecule has 144 valence electrons. The highest BCUT2D eigenvalue weighted by atomic mass is 19.1. The van der Waals surface area contributed by atoms with Crippen molar-refractivity contribution in [3.05, 3.63) is 72.1 Å². The number of hydrogen-bond acceptors (Lipinski definition) is 3. The summed E-state index contributed by atoms with van der Waals surface area (Å²) in [6.45, 7) is 7.74. The van der Waals surface area contributed by atoms with Gasteiger partial charge in [-0.05, 0) is 30.7 Å². The molecule has 0 aliphatic rings. The maximum absolute atomic E-state index is 13.8. The number of ether oxygens (including phenoxy) is 2. The first-order valence-corrected chi connectivity index (χ1v) is 8.84. The predicted molar refractivity (Wildman–Crippen MR) is 107 cm³/mol. The van der Waals surface area contributed by atoms with Gasteiger partial charge in [0.1, 0.15) is 12.4 Å². The van der Waals surface area contributed by atoms with E-state index >= 15 is 0 Å². The normalized spacial score (nSPS) is 11.0. The van der Waals surface area contributed by atoms with Crippen molar-refractivity contribution in [2.75, 3.05) is 20.3 Å². The lowest BCUT2D eigenvalue weighted by Crippen LogP contribution is -2.36. The van der Waals surface area contributed by atoms with Crippen molar-refractivity contribution in [2.24, 2.45) is 4.99 Å². The van der Waals surface area contributed by atoms with E-state index in [4.69, 9.17) is 9.47 Å². The van der Waals surface area contributed by atoms with Gasteiger partial charge in [-0.1, -0.05) is 36.9 Å². The Kier molecular flexibility index (Phi) is 8.16. The number of nitrogens with zero attached hydrogens (tertiary/aromatic N) is 1. The number of guanidine groups is 1. The Morgan fingerprint density at radius 3 is 2.70 bits per heavy atom. The number of para-hydroxylation sites is 1. The molecule has 0 aliphatic heterocycles. The smallest absolute Gasteiger partial charge is 0.191 e. The van der Waals surface area contributed by atoms with Gasteiger partial charge in [0, 0.05) is 18.7 Å². The van der Waals surface area contributed by atoms with Gasteiger partial charge in [-0.3, -0.25) is 0 Å².